The van der Waals surface area contributed by atoms with E-state index in [0.717, 1.165) is 16.9 Å². The SMILES string of the molecule is c1ccc2c(-c3cc4cccc5c6ccccc6c6ccccc6c6cccc3c6c45)ccc(-c3cn4ccccc4n3)c2c1. The highest BCUT2D eigenvalue weighted by Crippen LogP contribution is 2.45. The number of benzene rings is 7. The van der Waals surface area contributed by atoms with E-state index in [1.54, 1.807) is 0 Å². The van der Waals surface area contributed by atoms with Crippen molar-refractivity contribution in [2.45, 2.75) is 0 Å². The number of rotatable bonds is 2. The number of aromatic nitrogens is 2. The summed E-state index contributed by atoms with van der Waals surface area (Å²) in [6.45, 7) is 0. The summed E-state index contributed by atoms with van der Waals surface area (Å²) in [6, 6.07) is 53.2. The normalized spacial score (nSPS) is 12.0. The molecule has 2 nitrogen and oxygen atoms in total. The Bertz CT molecular complexity index is 2790. The number of hydrogen-bond donors (Lipinski definition) is 0. The van der Waals surface area contributed by atoms with Crippen LogP contribution in [0, 0.1) is 0 Å². The molecule has 0 spiro atoms. The number of hydrogen-bond acceptors (Lipinski definition) is 1. The zero-order chi connectivity index (χ0) is 29.5. The molecule has 45 heavy (non-hydrogen) atoms. The van der Waals surface area contributed by atoms with Crippen LogP contribution in [-0.2, 0) is 0 Å². The van der Waals surface area contributed by atoms with E-state index < -0.39 is 0 Å². The Labute approximate surface area is 259 Å². The Kier molecular flexibility index (Phi) is 5.03. The first-order valence-corrected chi connectivity index (χ1v) is 15.5. The minimum absolute atomic E-state index is 0.952. The van der Waals surface area contributed by atoms with Crippen molar-refractivity contribution in [3.05, 3.63) is 158 Å². The lowest BCUT2D eigenvalue weighted by molar-refractivity contribution is 1.19. The van der Waals surface area contributed by atoms with E-state index in [9.17, 15) is 0 Å². The maximum atomic E-state index is 4.98. The average Bonchev–Trinajstić information content (AvgIpc) is 3.54. The van der Waals surface area contributed by atoms with Gasteiger partial charge in [0.05, 0.1) is 5.69 Å². The highest BCUT2D eigenvalue weighted by atomic mass is 15.0. The zero-order valence-electron chi connectivity index (χ0n) is 24.4. The summed E-state index contributed by atoms with van der Waals surface area (Å²) in [6.07, 6.45) is 4.19. The topological polar surface area (TPSA) is 17.3 Å². The van der Waals surface area contributed by atoms with Crippen molar-refractivity contribution in [1.82, 2.24) is 9.38 Å². The lowest BCUT2D eigenvalue weighted by atomic mass is 9.85. The van der Waals surface area contributed by atoms with E-state index in [2.05, 4.69) is 150 Å². The summed E-state index contributed by atoms with van der Waals surface area (Å²) in [5.41, 5.74) is 5.56. The number of pyridine rings is 1. The summed E-state index contributed by atoms with van der Waals surface area (Å²) in [4.78, 5) is 4.98. The van der Waals surface area contributed by atoms with Gasteiger partial charge in [0.15, 0.2) is 0 Å². The van der Waals surface area contributed by atoms with Crippen LogP contribution in [-0.4, -0.2) is 9.38 Å². The fourth-order valence-corrected chi connectivity index (χ4v) is 7.65. The highest BCUT2D eigenvalue weighted by molar-refractivity contribution is 6.34. The van der Waals surface area contributed by atoms with E-state index in [-0.39, 0.29) is 0 Å². The standard InChI is InChI=1S/C43H26N2/c1-4-15-31-30(14-1)34(22-23-35(31)40-26-45-24-8-7-21-41(45)44-40)39-25-27-11-9-18-36-32-16-5-2-12-28(32)29-13-3-6-17-33(29)37-19-10-20-38(39)43(37)42(27)36/h1-26H. The lowest BCUT2D eigenvalue weighted by Crippen LogP contribution is -1.91. The summed E-state index contributed by atoms with van der Waals surface area (Å²) in [5, 5.41) is 15.3. The van der Waals surface area contributed by atoms with E-state index in [4.69, 9.17) is 4.98 Å². The molecule has 0 N–H and O–H groups in total. The smallest absolute Gasteiger partial charge is 0.137 e. The predicted molar refractivity (Wildman–Crippen MR) is 191 cm³/mol. The maximum Gasteiger partial charge on any atom is 0.137 e. The fourth-order valence-electron chi connectivity index (χ4n) is 7.65. The van der Waals surface area contributed by atoms with Crippen molar-refractivity contribution < 1.29 is 0 Å². The Morgan fingerprint density at radius 3 is 1.62 bits per heavy atom. The van der Waals surface area contributed by atoms with Crippen LogP contribution in [0.5, 0.6) is 0 Å². The van der Waals surface area contributed by atoms with Gasteiger partial charge >= 0.3 is 0 Å². The first-order valence-electron chi connectivity index (χ1n) is 15.5. The van der Waals surface area contributed by atoms with Crippen LogP contribution < -0.4 is 0 Å². The third kappa shape index (κ3) is 3.48. The number of imidazole rings is 1. The third-order valence-electron chi connectivity index (χ3n) is 9.58. The van der Waals surface area contributed by atoms with Gasteiger partial charge in [-0.1, -0.05) is 127 Å². The molecule has 0 unspecified atom stereocenters. The Morgan fingerprint density at radius 2 is 0.911 bits per heavy atom. The van der Waals surface area contributed by atoms with E-state index >= 15 is 0 Å². The molecular weight excluding hydrogens is 544 g/mol. The van der Waals surface area contributed by atoms with Gasteiger partial charge in [-0.05, 0) is 94.0 Å². The van der Waals surface area contributed by atoms with E-state index in [1.807, 2.05) is 12.1 Å². The molecule has 0 radical (unpaired) electrons. The largest absolute Gasteiger partial charge is 0.306 e. The van der Waals surface area contributed by atoms with Gasteiger partial charge in [0.2, 0.25) is 0 Å². The van der Waals surface area contributed by atoms with Crippen LogP contribution in [0.15, 0.2) is 158 Å². The first kappa shape index (κ1) is 24.5. The molecule has 2 heterocycles. The monoisotopic (exact) mass is 570 g/mol. The Hall–Kier alpha value is -5.99. The van der Waals surface area contributed by atoms with Crippen molar-refractivity contribution in [2.75, 3.05) is 0 Å². The van der Waals surface area contributed by atoms with Gasteiger partial charge in [-0.3, -0.25) is 0 Å². The second-order valence-corrected chi connectivity index (χ2v) is 11.9. The maximum absolute atomic E-state index is 4.98. The molecule has 10 aromatic rings. The molecule has 0 amide bonds. The molecule has 0 aliphatic heterocycles. The predicted octanol–water partition coefficient (Wildman–Crippen LogP) is 11.6. The van der Waals surface area contributed by atoms with Gasteiger partial charge in [0.25, 0.3) is 0 Å². The number of fused-ring (bicyclic) bond motifs is 7. The van der Waals surface area contributed by atoms with Gasteiger partial charge in [0.1, 0.15) is 5.65 Å². The molecule has 0 saturated heterocycles. The van der Waals surface area contributed by atoms with Crippen LogP contribution in [0.1, 0.15) is 0 Å². The summed E-state index contributed by atoms with van der Waals surface area (Å²) in [7, 11) is 0. The van der Waals surface area contributed by atoms with Crippen molar-refractivity contribution in [3.8, 4) is 22.4 Å². The molecule has 0 saturated carbocycles. The summed E-state index contributed by atoms with van der Waals surface area (Å²) in [5.74, 6) is 0. The molecule has 2 aromatic heterocycles. The average molecular weight is 571 g/mol. The molecule has 8 aromatic carbocycles. The van der Waals surface area contributed by atoms with E-state index in [0.29, 0.717) is 0 Å². The second-order valence-electron chi connectivity index (χ2n) is 11.9. The minimum Gasteiger partial charge on any atom is -0.306 e. The van der Waals surface area contributed by atoms with Gasteiger partial charge in [0, 0.05) is 18.0 Å². The van der Waals surface area contributed by atoms with Crippen molar-refractivity contribution in [2.24, 2.45) is 0 Å². The second kappa shape index (κ2) is 9.25. The molecule has 0 bridgehead atoms. The quantitative estimate of drug-likeness (QED) is 0.189. The Balaban J connectivity index is 1.36. The summed E-state index contributed by atoms with van der Waals surface area (Å²) < 4.78 is 2.09. The molecular formula is C43H26N2. The van der Waals surface area contributed by atoms with Crippen molar-refractivity contribution in [3.63, 3.8) is 0 Å². The van der Waals surface area contributed by atoms with Crippen LogP contribution in [0.3, 0.4) is 0 Å². The number of nitrogens with zero attached hydrogens (tertiary/aromatic N) is 2. The van der Waals surface area contributed by atoms with Crippen LogP contribution in [0.4, 0.5) is 0 Å². The molecule has 0 fully saturated rings. The van der Waals surface area contributed by atoms with Gasteiger partial charge in [-0.15, -0.1) is 0 Å². The van der Waals surface area contributed by atoms with Gasteiger partial charge < -0.3 is 4.40 Å². The van der Waals surface area contributed by atoms with Crippen LogP contribution in [0.25, 0.3) is 92.7 Å². The van der Waals surface area contributed by atoms with Crippen molar-refractivity contribution >= 4 is 70.3 Å². The lowest BCUT2D eigenvalue weighted by Gasteiger charge is -2.18. The van der Waals surface area contributed by atoms with E-state index in [1.165, 1.54) is 75.8 Å². The van der Waals surface area contributed by atoms with Gasteiger partial charge in [-0.25, -0.2) is 4.98 Å². The minimum atomic E-state index is 0.952. The third-order valence-corrected chi connectivity index (χ3v) is 9.58. The fraction of sp³-hybridized carbons (Fsp3) is 0. The summed E-state index contributed by atoms with van der Waals surface area (Å²) >= 11 is 0. The zero-order valence-corrected chi connectivity index (χ0v) is 24.4. The molecule has 0 aliphatic carbocycles. The first-order chi connectivity index (χ1) is 22.3. The molecule has 208 valence electrons. The van der Waals surface area contributed by atoms with Crippen molar-refractivity contribution in [1.29, 1.82) is 0 Å². The van der Waals surface area contributed by atoms with Gasteiger partial charge in [-0.2, -0.15) is 0 Å². The van der Waals surface area contributed by atoms with Crippen LogP contribution >= 0.6 is 0 Å². The molecule has 0 aliphatic rings. The molecule has 0 atom stereocenters. The highest BCUT2D eigenvalue weighted by Gasteiger charge is 2.18. The molecule has 10 rings (SSSR count). The van der Waals surface area contributed by atoms with Crippen LogP contribution in [0.2, 0.25) is 0 Å². The Morgan fingerprint density at radius 1 is 0.378 bits per heavy atom. The molecule has 2 heteroatoms.